The molecule has 5 nitrogen and oxygen atoms in total. The number of rotatable bonds is 7. The Labute approximate surface area is 170 Å². The van der Waals surface area contributed by atoms with Gasteiger partial charge in [0.2, 0.25) is 5.91 Å². The second-order valence-electron chi connectivity index (χ2n) is 6.60. The quantitative estimate of drug-likeness (QED) is 0.596. The van der Waals surface area contributed by atoms with Crippen LogP contribution in [0.25, 0.3) is 0 Å². The lowest BCUT2D eigenvalue weighted by Gasteiger charge is -2.15. The number of benzene rings is 3. The topological polar surface area (TPSA) is 64.6 Å². The maximum atomic E-state index is 12.8. The fourth-order valence-electron chi connectivity index (χ4n) is 3.02. The second kappa shape index (κ2) is 9.06. The van der Waals surface area contributed by atoms with Crippen molar-refractivity contribution in [1.29, 1.82) is 0 Å². The van der Waals surface area contributed by atoms with Crippen LogP contribution in [0.5, 0.6) is 11.5 Å². The summed E-state index contributed by atoms with van der Waals surface area (Å²) in [6.07, 6.45) is 0. The van der Waals surface area contributed by atoms with Crippen molar-refractivity contribution in [3.63, 3.8) is 0 Å². The molecule has 1 atom stereocenters. The maximum Gasteiger partial charge on any atom is 0.231 e. The summed E-state index contributed by atoms with van der Waals surface area (Å²) in [4.78, 5) is 25.4. The third-order valence-corrected chi connectivity index (χ3v) is 4.73. The summed E-state index contributed by atoms with van der Waals surface area (Å²) in [7, 11) is 3.10. The molecule has 1 amide bonds. The number of hydrogen-bond donors (Lipinski definition) is 1. The third-order valence-electron chi connectivity index (χ3n) is 4.73. The number of nitrogens with one attached hydrogen (secondary N) is 1. The first kappa shape index (κ1) is 20.1. The van der Waals surface area contributed by atoms with Gasteiger partial charge in [-0.3, -0.25) is 9.59 Å². The van der Waals surface area contributed by atoms with Crippen molar-refractivity contribution >= 4 is 17.4 Å². The van der Waals surface area contributed by atoms with Gasteiger partial charge in [-0.05, 0) is 30.7 Å². The van der Waals surface area contributed by atoms with Gasteiger partial charge < -0.3 is 14.8 Å². The number of carbonyl (C=O) groups is 2. The Kier molecular flexibility index (Phi) is 6.29. The van der Waals surface area contributed by atoms with Crippen molar-refractivity contribution in [1.82, 2.24) is 0 Å². The van der Waals surface area contributed by atoms with E-state index in [1.807, 2.05) is 31.2 Å². The fourth-order valence-corrected chi connectivity index (χ4v) is 3.02. The van der Waals surface area contributed by atoms with Crippen molar-refractivity contribution in [2.24, 2.45) is 0 Å². The van der Waals surface area contributed by atoms with Gasteiger partial charge in [0, 0.05) is 22.9 Å². The van der Waals surface area contributed by atoms with Gasteiger partial charge in [-0.2, -0.15) is 0 Å². The monoisotopic (exact) mass is 389 g/mol. The summed E-state index contributed by atoms with van der Waals surface area (Å²) < 4.78 is 10.5. The first-order valence-electron chi connectivity index (χ1n) is 9.26. The van der Waals surface area contributed by atoms with Crippen molar-refractivity contribution in [2.45, 2.75) is 12.8 Å². The minimum absolute atomic E-state index is 0.0695. The van der Waals surface area contributed by atoms with Crippen molar-refractivity contribution in [3.05, 3.63) is 89.5 Å². The average molecular weight is 389 g/mol. The van der Waals surface area contributed by atoms with E-state index in [-0.39, 0.29) is 11.7 Å². The molecule has 5 heteroatoms. The van der Waals surface area contributed by atoms with E-state index in [0.717, 1.165) is 5.56 Å². The van der Waals surface area contributed by atoms with Crippen LogP contribution in [0.4, 0.5) is 5.69 Å². The standard InChI is InChI=1S/C24H23NO4/c1-16(24(27)25-20-12-13-21(28-2)22(15-20)29-3)18-10-7-11-19(14-18)23(26)17-8-5-4-6-9-17/h4-16H,1-3H3,(H,25,27)/t16-/m0/s1. The molecule has 0 aliphatic carbocycles. The lowest BCUT2D eigenvalue weighted by molar-refractivity contribution is -0.117. The molecule has 0 aromatic heterocycles. The largest absolute Gasteiger partial charge is 0.493 e. The summed E-state index contributed by atoms with van der Waals surface area (Å²) in [6.45, 7) is 1.81. The summed E-state index contributed by atoms with van der Waals surface area (Å²) in [6, 6.07) is 21.5. The van der Waals surface area contributed by atoms with Crippen LogP contribution in [0.2, 0.25) is 0 Å². The first-order chi connectivity index (χ1) is 14.0. The second-order valence-corrected chi connectivity index (χ2v) is 6.60. The molecular formula is C24H23NO4. The molecular weight excluding hydrogens is 366 g/mol. The van der Waals surface area contributed by atoms with E-state index in [1.54, 1.807) is 62.8 Å². The van der Waals surface area contributed by atoms with Gasteiger partial charge in [0.15, 0.2) is 17.3 Å². The Balaban J connectivity index is 1.77. The smallest absolute Gasteiger partial charge is 0.231 e. The highest BCUT2D eigenvalue weighted by atomic mass is 16.5. The molecule has 3 rings (SSSR count). The van der Waals surface area contributed by atoms with Crippen LogP contribution in [0.15, 0.2) is 72.8 Å². The zero-order valence-corrected chi connectivity index (χ0v) is 16.6. The van der Waals surface area contributed by atoms with Crippen molar-refractivity contribution < 1.29 is 19.1 Å². The van der Waals surface area contributed by atoms with Crippen molar-refractivity contribution in [2.75, 3.05) is 19.5 Å². The molecule has 148 valence electrons. The number of anilines is 1. The molecule has 0 spiro atoms. The normalized spacial score (nSPS) is 11.4. The van der Waals surface area contributed by atoms with E-state index < -0.39 is 5.92 Å². The van der Waals surface area contributed by atoms with Gasteiger partial charge in [0.05, 0.1) is 20.1 Å². The Bertz CT molecular complexity index is 1010. The molecule has 0 saturated heterocycles. The van der Waals surface area contributed by atoms with E-state index in [1.165, 1.54) is 0 Å². The predicted octanol–water partition coefficient (Wildman–Crippen LogP) is 4.68. The van der Waals surface area contributed by atoms with E-state index >= 15 is 0 Å². The van der Waals surface area contributed by atoms with Crippen LogP contribution in [0.1, 0.15) is 34.3 Å². The third kappa shape index (κ3) is 4.63. The summed E-state index contributed by atoms with van der Waals surface area (Å²) in [5.41, 5.74) is 2.55. The molecule has 1 N–H and O–H groups in total. The highest BCUT2D eigenvalue weighted by Crippen LogP contribution is 2.30. The maximum absolute atomic E-state index is 12.8. The molecule has 29 heavy (non-hydrogen) atoms. The molecule has 0 unspecified atom stereocenters. The van der Waals surface area contributed by atoms with E-state index in [9.17, 15) is 9.59 Å². The fraction of sp³-hybridized carbons (Fsp3) is 0.167. The van der Waals surface area contributed by atoms with Gasteiger partial charge in [-0.25, -0.2) is 0 Å². The summed E-state index contributed by atoms with van der Waals surface area (Å²) in [5.74, 6) is 0.437. The molecule has 0 saturated carbocycles. The molecule has 0 bridgehead atoms. The lowest BCUT2D eigenvalue weighted by Crippen LogP contribution is -2.19. The van der Waals surface area contributed by atoms with Crippen LogP contribution in [0, 0.1) is 0 Å². The van der Waals surface area contributed by atoms with Gasteiger partial charge in [-0.1, -0.05) is 48.5 Å². The molecule has 0 radical (unpaired) electrons. The molecule has 0 fully saturated rings. The van der Waals surface area contributed by atoms with Gasteiger partial charge in [0.1, 0.15) is 0 Å². The van der Waals surface area contributed by atoms with Gasteiger partial charge >= 0.3 is 0 Å². The highest BCUT2D eigenvalue weighted by molar-refractivity contribution is 6.09. The lowest BCUT2D eigenvalue weighted by atomic mass is 9.95. The molecule has 3 aromatic rings. The molecule has 3 aromatic carbocycles. The molecule has 0 aliphatic heterocycles. The zero-order chi connectivity index (χ0) is 20.8. The van der Waals surface area contributed by atoms with E-state index in [0.29, 0.717) is 28.3 Å². The van der Waals surface area contributed by atoms with Crippen LogP contribution < -0.4 is 14.8 Å². The predicted molar refractivity (Wildman–Crippen MR) is 113 cm³/mol. The Morgan fingerprint density at radius 3 is 2.17 bits per heavy atom. The molecule has 0 heterocycles. The van der Waals surface area contributed by atoms with Crippen LogP contribution in [-0.4, -0.2) is 25.9 Å². The SMILES string of the molecule is COc1ccc(NC(=O)[C@@H](C)c2cccc(C(=O)c3ccccc3)c2)cc1OC. The average Bonchev–Trinajstić information content (AvgIpc) is 2.78. The summed E-state index contributed by atoms with van der Waals surface area (Å²) >= 11 is 0. The Morgan fingerprint density at radius 2 is 1.48 bits per heavy atom. The number of ether oxygens (including phenoxy) is 2. The first-order valence-corrected chi connectivity index (χ1v) is 9.26. The zero-order valence-electron chi connectivity index (χ0n) is 16.6. The Hall–Kier alpha value is -3.60. The number of carbonyl (C=O) groups excluding carboxylic acids is 2. The van der Waals surface area contributed by atoms with Crippen molar-refractivity contribution in [3.8, 4) is 11.5 Å². The van der Waals surface area contributed by atoms with Crippen LogP contribution >= 0.6 is 0 Å². The summed E-state index contributed by atoms with van der Waals surface area (Å²) in [5, 5.41) is 2.89. The number of amides is 1. The minimum atomic E-state index is -0.438. The van der Waals surface area contributed by atoms with Gasteiger partial charge in [0.25, 0.3) is 0 Å². The number of methoxy groups -OCH3 is 2. The van der Waals surface area contributed by atoms with E-state index in [2.05, 4.69) is 5.32 Å². The number of hydrogen-bond acceptors (Lipinski definition) is 4. The van der Waals surface area contributed by atoms with Crippen LogP contribution in [-0.2, 0) is 4.79 Å². The minimum Gasteiger partial charge on any atom is -0.493 e. The number of ketones is 1. The van der Waals surface area contributed by atoms with Crippen LogP contribution in [0.3, 0.4) is 0 Å². The Morgan fingerprint density at radius 1 is 0.793 bits per heavy atom. The highest BCUT2D eigenvalue weighted by Gasteiger charge is 2.18. The molecule has 0 aliphatic rings. The van der Waals surface area contributed by atoms with Gasteiger partial charge in [-0.15, -0.1) is 0 Å². The van der Waals surface area contributed by atoms with E-state index in [4.69, 9.17) is 9.47 Å².